The van der Waals surface area contributed by atoms with Gasteiger partial charge < -0.3 is 4.90 Å². The maximum atomic E-state index is 13.1. The van der Waals surface area contributed by atoms with Crippen LogP contribution in [0.3, 0.4) is 0 Å². The van der Waals surface area contributed by atoms with Crippen molar-refractivity contribution in [3.8, 4) is 0 Å². The van der Waals surface area contributed by atoms with Crippen molar-refractivity contribution in [1.82, 2.24) is 9.88 Å². The molecule has 1 atom stereocenters. The van der Waals surface area contributed by atoms with Crippen LogP contribution >= 0.6 is 11.6 Å². The van der Waals surface area contributed by atoms with E-state index in [-0.39, 0.29) is 18.1 Å². The number of nitrogens with zero attached hydrogens (tertiary/aromatic N) is 2. The van der Waals surface area contributed by atoms with E-state index in [1.165, 1.54) is 17.7 Å². The zero-order valence-corrected chi connectivity index (χ0v) is 13.5. The van der Waals surface area contributed by atoms with Gasteiger partial charge in [0.15, 0.2) is 0 Å². The number of carbonyl (C=O) groups is 1. The average molecular weight is 333 g/mol. The van der Waals surface area contributed by atoms with E-state index in [0.717, 1.165) is 25.9 Å². The summed E-state index contributed by atoms with van der Waals surface area (Å²) in [6.45, 7) is 1.52. The summed E-state index contributed by atoms with van der Waals surface area (Å²) in [6, 6.07) is 8.17. The molecular formula is C18H18ClFN2O. The van der Waals surface area contributed by atoms with E-state index in [9.17, 15) is 9.18 Å². The molecule has 0 radical (unpaired) electrons. The van der Waals surface area contributed by atoms with Gasteiger partial charge in [-0.3, -0.25) is 9.78 Å². The van der Waals surface area contributed by atoms with E-state index in [4.69, 9.17) is 11.6 Å². The largest absolute Gasteiger partial charge is 0.342 e. The molecule has 1 aromatic carbocycles. The van der Waals surface area contributed by atoms with Crippen LogP contribution in [0.1, 0.15) is 17.5 Å². The first-order valence-corrected chi connectivity index (χ1v) is 8.10. The summed E-state index contributed by atoms with van der Waals surface area (Å²) in [7, 11) is 0. The molecule has 5 heteroatoms. The molecule has 23 heavy (non-hydrogen) atoms. The quantitative estimate of drug-likeness (QED) is 0.858. The van der Waals surface area contributed by atoms with Gasteiger partial charge in [0.05, 0.1) is 6.42 Å². The Hall–Kier alpha value is -1.94. The Bertz CT molecular complexity index is 693. The molecule has 2 heterocycles. The highest BCUT2D eigenvalue weighted by Crippen LogP contribution is 2.23. The van der Waals surface area contributed by atoms with Gasteiger partial charge in [-0.25, -0.2) is 4.39 Å². The number of carbonyl (C=O) groups excluding carboxylic acids is 1. The molecule has 1 unspecified atom stereocenters. The molecule has 3 nitrogen and oxygen atoms in total. The molecule has 1 amide bonds. The molecule has 1 saturated heterocycles. The first-order chi connectivity index (χ1) is 11.1. The number of hydrogen-bond donors (Lipinski definition) is 0. The van der Waals surface area contributed by atoms with Crippen LogP contribution in [0.5, 0.6) is 0 Å². The third-order valence-electron chi connectivity index (χ3n) is 4.24. The second-order valence-corrected chi connectivity index (χ2v) is 6.38. The smallest absolute Gasteiger partial charge is 0.227 e. The van der Waals surface area contributed by atoms with Crippen LogP contribution in [0.25, 0.3) is 0 Å². The zero-order valence-electron chi connectivity index (χ0n) is 12.7. The van der Waals surface area contributed by atoms with Crippen molar-refractivity contribution in [2.45, 2.75) is 19.3 Å². The summed E-state index contributed by atoms with van der Waals surface area (Å²) < 4.78 is 13.1. The van der Waals surface area contributed by atoms with Gasteiger partial charge in [0.25, 0.3) is 0 Å². The van der Waals surface area contributed by atoms with Crippen molar-refractivity contribution in [3.05, 3.63) is 64.7 Å². The molecule has 2 aromatic rings. The minimum Gasteiger partial charge on any atom is -0.342 e. The van der Waals surface area contributed by atoms with Gasteiger partial charge in [-0.2, -0.15) is 0 Å². The summed E-state index contributed by atoms with van der Waals surface area (Å²) in [5.41, 5.74) is 1.88. The maximum Gasteiger partial charge on any atom is 0.227 e. The van der Waals surface area contributed by atoms with Gasteiger partial charge >= 0.3 is 0 Å². The summed E-state index contributed by atoms with van der Waals surface area (Å²) in [4.78, 5) is 18.4. The molecular weight excluding hydrogens is 315 g/mol. The molecule has 120 valence electrons. The summed E-state index contributed by atoms with van der Waals surface area (Å²) in [5, 5.41) is 0.310. The monoisotopic (exact) mass is 332 g/mol. The number of rotatable bonds is 4. The minimum atomic E-state index is -0.385. The molecule has 0 saturated carbocycles. The van der Waals surface area contributed by atoms with E-state index >= 15 is 0 Å². The van der Waals surface area contributed by atoms with Crippen molar-refractivity contribution < 1.29 is 9.18 Å². The van der Waals surface area contributed by atoms with E-state index in [1.54, 1.807) is 12.3 Å². The van der Waals surface area contributed by atoms with Crippen molar-refractivity contribution in [3.63, 3.8) is 0 Å². The Labute approximate surface area is 140 Å². The highest BCUT2D eigenvalue weighted by Gasteiger charge is 2.26. The minimum absolute atomic E-state index is 0.0483. The number of aromatic nitrogens is 1. The Morgan fingerprint density at radius 2 is 2.26 bits per heavy atom. The third kappa shape index (κ3) is 4.08. The van der Waals surface area contributed by atoms with Gasteiger partial charge in [-0.05, 0) is 48.1 Å². The average Bonchev–Trinajstić information content (AvgIpc) is 3.00. The normalized spacial score (nSPS) is 17.5. The van der Waals surface area contributed by atoms with Crippen LogP contribution in [0.4, 0.5) is 4.39 Å². The number of amides is 1. The Morgan fingerprint density at radius 1 is 1.39 bits per heavy atom. The predicted molar refractivity (Wildman–Crippen MR) is 87.7 cm³/mol. The highest BCUT2D eigenvalue weighted by atomic mass is 35.5. The SMILES string of the molecule is O=C(Cc1ccc(F)cc1Cl)N1CCC(Cc2cccnc2)C1. The van der Waals surface area contributed by atoms with Crippen molar-refractivity contribution in [1.29, 1.82) is 0 Å². The Morgan fingerprint density at radius 3 is 3.00 bits per heavy atom. The zero-order chi connectivity index (χ0) is 16.2. The van der Waals surface area contributed by atoms with Gasteiger partial charge in [-0.1, -0.05) is 23.7 Å². The lowest BCUT2D eigenvalue weighted by molar-refractivity contribution is -0.129. The first kappa shape index (κ1) is 15.9. The number of halogens is 2. The number of likely N-dealkylation sites (tertiary alicyclic amines) is 1. The second kappa shape index (κ2) is 7.09. The van der Waals surface area contributed by atoms with Gasteiger partial charge in [-0.15, -0.1) is 0 Å². The van der Waals surface area contributed by atoms with Crippen LogP contribution in [0, 0.1) is 11.7 Å². The molecule has 0 spiro atoms. The molecule has 1 aliphatic heterocycles. The number of pyridine rings is 1. The first-order valence-electron chi connectivity index (χ1n) is 7.72. The third-order valence-corrected chi connectivity index (χ3v) is 4.59. The molecule has 1 aliphatic rings. The Kier molecular flexibility index (Phi) is 4.91. The fourth-order valence-corrected chi connectivity index (χ4v) is 3.25. The van der Waals surface area contributed by atoms with E-state index in [0.29, 0.717) is 16.5 Å². The number of benzene rings is 1. The van der Waals surface area contributed by atoms with Crippen molar-refractivity contribution in [2.24, 2.45) is 5.92 Å². The number of hydrogen-bond acceptors (Lipinski definition) is 2. The van der Waals surface area contributed by atoms with Gasteiger partial charge in [0.2, 0.25) is 5.91 Å². The fraction of sp³-hybridized carbons (Fsp3) is 0.333. The van der Waals surface area contributed by atoms with E-state index < -0.39 is 0 Å². The predicted octanol–water partition coefficient (Wildman–Crippen LogP) is 3.51. The van der Waals surface area contributed by atoms with Crippen molar-refractivity contribution >= 4 is 17.5 Å². The van der Waals surface area contributed by atoms with E-state index in [1.807, 2.05) is 17.2 Å². The second-order valence-electron chi connectivity index (χ2n) is 5.97. The standard InChI is InChI=1S/C18H18ClFN2O/c19-17-10-16(20)4-3-15(17)9-18(23)22-7-5-14(12-22)8-13-2-1-6-21-11-13/h1-4,6,10-11,14H,5,7-9,12H2. The lowest BCUT2D eigenvalue weighted by Crippen LogP contribution is -2.30. The molecule has 3 rings (SSSR count). The Balaban J connectivity index is 1.57. The maximum absolute atomic E-state index is 13.1. The lowest BCUT2D eigenvalue weighted by Gasteiger charge is -2.17. The molecule has 0 N–H and O–H groups in total. The van der Waals surface area contributed by atoms with E-state index in [2.05, 4.69) is 11.1 Å². The molecule has 0 aliphatic carbocycles. The topological polar surface area (TPSA) is 33.2 Å². The van der Waals surface area contributed by atoms with Crippen molar-refractivity contribution in [2.75, 3.05) is 13.1 Å². The van der Waals surface area contributed by atoms with Gasteiger partial charge in [0, 0.05) is 30.5 Å². The summed E-state index contributed by atoms with van der Waals surface area (Å²) >= 11 is 6.00. The van der Waals surface area contributed by atoms with Crippen LogP contribution in [0.15, 0.2) is 42.7 Å². The fourth-order valence-electron chi connectivity index (χ4n) is 3.02. The molecule has 1 aromatic heterocycles. The molecule has 0 bridgehead atoms. The highest BCUT2D eigenvalue weighted by molar-refractivity contribution is 6.31. The van der Waals surface area contributed by atoms with Crippen LogP contribution in [0.2, 0.25) is 5.02 Å². The van der Waals surface area contributed by atoms with Gasteiger partial charge in [0.1, 0.15) is 5.82 Å². The summed E-state index contributed by atoms with van der Waals surface area (Å²) in [6.07, 6.45) is 5.80. The lowest BCUT2D eigenvalue weighted by atomic mass is 10.00. The van der Waals surface area contributed by atoms with Crippen LogP contribution in [-0.2, 0) is 17.6 Å². The molecule has 1 fully saturated rings. The van der Waals surface area contributed by atoms with Crippen LogP contribution < -0.4 is 0 Å². The van der Waals surface area contributed by atoms with Crippen LogP contribution in [-0.4, -0.2) is 28.9 Å². The summed E-state index contributed by atoms with van der Waals surface area (Å²) in [5.74, 6) is 0.128.